The molecule has 0 aromatic carbocycles. The summed E-state index contributed by atoms with van der Waals surface area (Å²) in [5.41, 5.74) is 0. The lowest BCUT2D eigenvalue weighted by atomic mass is 10.2. The van der Waals surface area contributed by atoms with E-state index < -0.39 is 6.10 Å². The highest BCUT2D eigenvalue weighted by Crippen LogP contribution is 1.96. The third kappa shape index (κ3) is 4.37. The molecule has 0 radical (unpaired) electrons. The summed E-state index contributed by atoms with van der Waals surface area (Å²) in [5, 5.41) is 16.9. The molecule has 2 nitrogen and oxygen atoms in total. The fraction of sp³-hybridized carbons (Fsp3) is 1.00. The molecular weight excluding hydrogens is 128 g/mol. The molecular formula is C5H11ClO2. The highest BCUT2D eigenvalue weighted by molar-refractivity contribution is 6.17. The van der Waals surface area contributed by atoms with Gasteiger partial charge in [-0.3, -0.25) is 0 Å². The van der Waals surface area contributed by atoms with Gasteiger partial charge in [-0.2, -0.15) is 0 Å². The molecule has 0 aromatic rings. The summed E-state index contributed by atoms with van der Waals surface area (Å²) >= 11 is 5.31. The van der Waals surface area contributed by atoms with Gasteiger partial charge in [0.05, 0.1) is 12.7 Å². The van der Waals surface area contributed by atoms with Gasteiger partial charge in [0, 0.05) is 5.88 Å². The predicted molar refractivity (Wildman–Crippen MR) is 33.0 cm³/mol. The van der Waals surface area contributed by atoms with Crippen LogP contribution in [0, 0.1) is 0 Å². The third-order valence-corrected chi connectivity index (χ3v) is 1.15. The van der Waals surface area contributed by atoms with E-state index in [1.165, 1.54) is 0 Å². The first-order chi connectivity index (χ1) is 3.81. The van der Waals surface area contributed by atoms with Crippen LogP contribution in [0.2, 0.25) is 0 Å². The number of rotatable bonds is 4. The number of alkyl halides is 1. The van der Waals surface area contributed by atoms with Crippen molar-refractivity contribution in [3.63, 3.8) is 0 Å². The Kier molecular flexibility index (Phi) is 5.49. The van der Waals surface area contributed by atoms with Gasteiger partial charge in [-0.25, -0.2) is 0 Å². The summed E-state index contributed by atoms with van der Waals surface area (Å²) < 4.78 is 0. The monoisotopic (exact) mass is 138 g/mol. The van der Waals surface area contributed by atoms with E-state index in [-0.39, 0.29) is 6.61 Å². The molecule has 50 valence electrons. The van der Waals surface area contributed by atoms with Gasteiger partial charge in [0.1, 0.15) is 0 Å². The summed E-state index contributed by atoms with van der Waals surface area (Å²) in [6.07, 6.45) is 0.789. The Balaban J connectivity index is 2.86. The minimum Gasteiger partial charge on any atom is -0.394 e. The molecule has 0 aromatic heterocycles. The van der Waals surface area contributed by atoms with Gasteiger partial charge < -0.3 is 10.2 Å². The zero-order valence-electron chi connectivity index (χ0n) is 4.68. The Bertz CT molecular complexity index is 49.7. The standard InChI is InChI=1S/C5H11ClO2/c6-3-1-2-5(8)4-7/h5,7-8H,1-4H2/t5-/m0/s1. The van der Waals surface area contributed by atoms with E-state index in [1.807, 2.05) is 0 Å². The number of hydrogen-bond acceptors (Lipinski definition) is 2. The molecule has 0 aliphatic carbocycles. The maximum absolute atomic E-state index is 8.68. The van der Waals surface area contributed by atoms with Crippen LogP contribution in [0.15, 0.2) is 0 Å². The fourth-order valence-electron chi connectivity index (χ4n) is 0.404. The van der Waals surface area contributed by atoms with Crippen molar-refractivity contribution in [3.05, 3.63) is 0 Å². The average Bonchev–Trinajstić information content (AvgIpc) is 1.83. The maximum Gasteiger partial charge on any atom is 0.0771 e. The fourth-order valence-corrected chi connectivity index (χ4v) is 0.558. The van der Waals surface area contributed by atoms with Crippen molar-refractivity contribution >= 4 is 11.6 Å². The molecule has 0 amide bonds. The molecule has 0 saturated carbocycles. The van der Waals surface area contributed by atoms with Crippen molar-refractivity contribution < 1.29 is 10.2 Å². The largest absolute Gasteiger partial charge is 0.394 e. The summed E-state index contributed by atoms with van der Waals surface area (Å²) in [5.74, 6) is 0.553. The number of hydrogen-bond donors (Lipinski definition) is 2. The first-order valence-electron chi connectivity index (χ1n) is 2.66. The van der Waals surface area contributed by atoms with Gasteiger partial charge in [0.25, 0.3) is 0 Å². The number of aliphatic hydroxyl groups is 2. The summed E-state index contributed by atoms with van der Waals surface area (Å²) in [6.45, 7) is -0.156. The van der Waals surface area contributed by atoms with Crippen LogP contribution in [0.1, 0.15) is 12.8 Å². The van der Waals surface area contributed by atoms with E-state index >= 15 is 0 Å². The summed E-state index contributed by atoms with van der Waals surface area (Å²) in [4.78, 5) is 0. The van der Waals surface area contributed by atoms with Crippen LogP contribution in [0.25, 0.3) is 0 Å². The van der Waals surface area contributed by atoms with E-state index in [0.29, 0.717) is 12.3 Å². The Morgan fingerprint density at radius 3 is 2.50 bits per heavy atom. The van der Waals surface area contributed by atoms with Crippen LogP contribution in [-0.4, -0.2) is 28.8 Å². The Hall–Kier alpha value is 0.210. The molecule has 0 saturated heterocycles. The van der Waals surface area contributed by atoms with Crippen LogP contribution < -0.4 is 0 Å². The molecule has 2 N–H and O–H groups in total. The first-order valence-corrected chi connectivity index (χ1v) is 3.19. The lowest BCUT2D eigenvalue weighted by Crippen LogP contribution is -2.11. The first kappa shape index (κ1) is 8.21. The van der Waals surface area contributed by atoms with Crippen LogP contribution in [0.3, 0.4) is 0 Å². The highest BCUT2D eigenvalue weighted by Gasteiger charge is 1.98. The van der Waals surface area contributed by atoms with E-state index in [4.69, 9.17) is 21.8 Å². The van der Waals surface area contributed by atoms with Crippen LogP contribution in [-0.2, 0) is 0 Å². The Labute approximate surface area is 54.1 Å². The molecule has 0 rings (SSSR count). The van der Waals surface area contributed by atoms with Crippen molar-refractivity contribution in [2.75, 3.05) is 12.5 Å². The molecule has 0 spiro atoms. The van der Waals surface area contributed by atoms with Gasteiger partial charge in [-0.15, -0.1) is 11.6 Å². The zero-order valence-corrected chi connectivity index (χ0v) is 5.43. The van der Waals surface area contributed by atoms with Gasteiger partial charge in [0.15, 0.2) is 0 Å². The number of aliphatic hydroxyl groups excluding tert-OH is 2. The second kappa shape index (κ2) is 5.35. The van der Waals surface area contributed by atoms with Gasteiger partial charge in [0.2, 0.25) is 0 Å². The van der Waals surface area contributed by atoms with Crippen LogP contribution in [0.5, 0.6) is 0 Å². The molecule has 8 heavy (non-hydrogen) atoms. The van der Waals surface area contributed by atoms with E-state index in [1.54, 1.807) is 0 Å². The number of halogens is 1. The summed E-state index contributed by atoms with van der Waals surface area (Å²) in [7, 11) is 0. The van der Waals surface area contributed by atoms with E-state index in [9.17, 15) is 0 Å². The van der Waals surface area contributed by atoms with Crippen molar-refractivity contribution in [3.8, 4) is 0 Å². The van der Waals surface area contributed by atoms with Crippen molar-refractivity contribution in [1.82, 2.24) is 0 Å². The SMILES string of the molecule is OC[C@@H](O)CCCCl. The lowest BCUT2D eigenvalue weighted by molar-refractivity contribution is 0.0879. The third-order valence-electron chi connectivity index (χ3n) is 0.882. The second-order valence-electron chi connectivity index (χ2n) is 1.67. The van der Waals surface area contributed by atoms with Gasteiger partial charge >= 0.3 is 0 Å². The normalized spacial score (nSPS) is 13.9. The Morgan fingerprint density at radius 2 is 2.12 bits per heavy atom. The molecule has 0 aliphatic heterocycles. The Morgan fingerprint density at radius 1 is 1.50 bits per heavy atom. The van der Waals surface area contributed by atoms with Gasteiger partial charge in [-0.05, 0) is 12.8 Å². The molecule has 0 bridgehead atoms. The molecule has 3 heteroatoms. The molecule has 0 fully saturated rings. The molecule has 1 atom stereocenters. The highest BCUT2D eigenvalue weighted by atomic mass is 35.5. The lowest BCUT2D eigenvalue weighted by Gasteiger charge is -2.02. The van der Waals surface area contributed by atoms with Crippen molar-refractivity contribution in [1.29, 1.82) is 0 Å². The zero-order chi connectivity index (χ0) is 6.41. The van der Waals surface area contributed by atoms with E-state index in [2.05, 4.69) is 0 Å². The van der Waals surface area contributed by atoms with Crippen molar-refractivity contribution in [2.45, 2.75) is 18.9 Å². The van der Waals surface area contributed by atoms with Crippen LogP contribution in [0.4, 0.5) is 0 Å². The minimum absolute atomic E-state index is 0.156. The van der Waals surface area contributed by atoms with E-state index in [0.717, 1.165) is 6.42 Å². The molecule has 0 aliphatic rings. The van der Waals surface area contributed by atoms with Gasteiger partial charge in [-0.1, -0.05) is 0 Å². The molecule has 0 heterocycles. The van der Waals surface area contributed by atoms with Crippen LogP contribution >= 0.6 is 11.6 Å². The predicted octanol–water partition coefficient (Wildman–Crippen LogP) is 0.359. The molecule has 0 unspecified atom stereocenters. The average molecular weight is 139 g/mol. The quantitative estimate of drug-likeness (QED) is 0.551. The maximum atomic E-state index is 8.68. The van der Waals surface area contributed by atoms with Crippen molar-refractivity contribution in [2.24, 2.45) is 0 Å². The second-order valence-corrected chi connectivity index (χ2v) is 2.05. The smallest absolute Gasteiger partial charge is 0.0771 e. The topological polar surface area (TPSA) is 40.5 Å². The summed E-state index contributed by atoms with van der Waals surface area (Å²) in [6, 6.07) is 0. The minimum atomic E-state index is -0.575.